The lowest BCUT2D eigenvalue weighted by Gasteiger charge is -2.44. The number of amides is 3. The van der Waals surface area contributed by atoms with Crippen molar-refractivity contribution in [1.82, 2.24) is 15.5 Å². The zero-order chi connectivity index (χ0) is 23.9. The van der Waals surface area contributed by atoms with Gasteiger partial charge in [0.25, 0.3) is 5.91 Å². The molecule has 2 aliphatic rings. The zero-order valence-electron chi connectivity index (χ0n) is 17.8. The zero-order valence-corrected chi connectivity index (χ0v) is 18.6. The summed E-state index contributed by atoms with van der Waals surface area (Å²) in [7, 11) is 0. The maximum absolute atomic E-state index is 14.1. The number of hydrogen-bond donors (Lipinski definition) is 3. The van der Waals surface area contributed by atoms with Gasteiger partial charge in [0, 0.05) is 4.75 Å². The molecule has 3 amide bonds. The van der Waals surface area contributed by atoms with Gasteiger partial charge < -0.3 is 20.6 Å². The molecule has 0 spiro atoms. The second-order valence-corrected chi connectivity index (χ2v) is 10.2. The summed E-state index contributed by atoms with van der Waals surface area (Å²) < 4.78 is 13.3. The molecule has 2 aromatic carbocycles. The second kappa shape index (κ2) is 8.51. The van der Waals surface area contributed by atoms with E-state index < -0.39 is 57.8 Å². The highest BCUT2D eigenvalue weighted by molar-refractivity contribution is 8.01. The van der Waals surface area contributed by atoms with Crippen LogP contribution in [0.15, 0.2) is 54.6 Å². The van der Waals surface area contributed by atoms with Gasteiger partial charge in [0.05, 0.1) is 5.56 Å². The maximum Gasteiger partial charge on any atom is 0.327 e. The number of thioether (sulfide) groups is 1. The molecule has 4 atom stereocenters. The van der Waals surface area contributed by atoms with Gasteiger partial charge in [-0.05, 0) is 31.5 Å². The number of carboxylic acid groups (broad SMARTS) is 1. The minimum atomic E-state index is -1.19. The summed E-state index contributed by atoms with van der Waals surface area (Å²) in [5.74, 6) is -3.75. The summed E-state index contributed by atoms with van der Waals surface area (Å²) in [4.78, 5) is 51.6. The average molecular weight is 472 g/mol. The number of carbonyl (C=O) groups is 4. The van der Waals surface area contributed by atoms with Crippen molar-refractivity contribution in [1.29, 1.82) is 0 Å². The molecule has 8 nitrogen and oxygen atoms in total. The monoisotopic (exact) mass is 471 g/mol. The van der Waals surface area contributed by atoms with Crippen LogP contribution in [0.5, 0.6) is 0 Å². The molecule has 2 aliphatic heterocycles. The lowest BCUT2D eigenvalue weighted by Crippen LogP contribution is -2.71. The van der Waals surface area contributed by atoms with Crippen LogP contribution in [0.25, 0.3) is 0 Å². The molecule has 0 aromatic heterocycles. The lowest BCUT2D eigenvalue weighted by molar-refractivity contribution is -0.161. The van der Waals surface area contributed by atoms with Crippen LogP contribution in [0.1, 0.15) is 35.8 Å². The summed E-state index contributed by atoms with van der Waals surface area (Å²) >= 11 is 1.30. The third kappa shape index (κ3) is 4.06. The summed E-state index contributed by atoms with van der Waals surface area (Å²) in [6.07, 6.45) is 0. The number of hydrogen-bond acceptors (Lipinski definition) is 5. The second-order valence-electron chi connectivity index (χ2n) is 8.38. The number of rotatable bonds is 6. The van der Waals surface area contributed by atoms with Crippen molar-refractivity contribution in [3.8, 4) is 0 Å². The van der Waals surface area contributed by atoms with Gasteiger partial charge in [-0.25, -0.2) is 9.18 Å². The fourth-order valence-electron chi connectivity index (χ4n) is 4.18. The molecule has 172 valence electrons. The van der Waals surface area contributed by atoms with E-state index in [0.29, 0.717) is 5.56 Å². The number of nitrogens with one attached hydrogen (secondary N) is 2. The number of halogens is 1. The molecule has 0 radical (unpaired) electrons. The van der Waals surface area contributed by atoms with Gasteiger partial charge in [0.1, 0.15) is 29.3 Å². The van der Waals surface area contributed by atoms with Crippen molar-refractivity contribution in [2.45, 2.75) is 42.1 Å². The van der Waals surface area contributed by atoms with Crippen LogP contribution in [0, 0.1) is 5.82 Å². The minimum Gasteiger partial charge on any atom is -0.480 e. The van der Waals surface area contributed by atoms with Crippen LogP contribution < -0.4 is 10.6 Å². The molecule has 2 aromatic rings. The summed E-state index contributed by atoms with van der Waals surface area (Å²) in [5.41, 5.74) is 0.237. The maximum atomic E-state index is 14.1. The van der Waals surface area contributed by atoms with Gasteiger partial charge in [0.15, 0.2) is 0 Å². The summed E-state index contributed by atoms with van der Waals surface area (Å²) in [6, 6.07) is 10.7. The van der Waals surface area contributed by atoms with E-state index in [4.69, 9.17) is 0 Å². The van der Waals surface area contributed by atoms with E-state index >= 15 is 0 Å². The van der Waals surface area contributed by atoms with Crippen molar-refractivity contribution in [3.63, 3.8) is 0 Å². The Balaban J connectivity index is 1.55. The van der Waals surface area contributed by atoms with Gasteiger partial charge in [-0.2, -0.15) is 0 Å². The van der Waals surface area contributed by atoms with Crippen molar-refractivity contribution in [3.05, 3.63) is 71.5 Å². The number of carbonyl (C=O) groups excluding carboxylic acids is 3. The van der Waals surface area contributed by atoms with Crippen molar-refractivity contribution >= 4 is 35.5 Å². The van der Waals surface area contributed by atoms with Crippen LogP contribution in [0.2, 0.25) is 0 Å². The normalized spacial score (nSPS) is 23.8. The fraction of sp³-hybridized carbons (Fsp3) is 0.304. The van der Waals surface area contributed by atoms with E-state index in [9.17, 15) is 28.7 Å². The van der Waals surface area contributed by atoms with Crippen LogP contribution >= 0.6 is 11.8 Å². The van der Waals surface area contributed by atoms with Crippen molar-refractivity contribution < 1.29 is 28.7 Å². The predicted molar refractivity (Wildman–Crippen MR) is 119 cm³/mol. The van der Waals surface area contributed by atoms with Gasteiger partial charge in [-0.15, -0.1) is 11.8 Å². The minimum absolute atomic E-state index is 0.213. The van der Waals surface area contributed by atoms with E-state index in [1.807, 2.05) is 0 Å². The predicted octanol–water partition coefficient (Wildman–Crippen LogP) is 1.93. The van der Waals surface area contributed by atoms with Crippen LogP contribution in [0.4, 0.5) is 4.39 Å². The van der Waals surface area contributed by atoms with E-state index in [2.05, 4.69) is 10.6 Å². The standard InChI is InChI=1S/C23H22FN3O5S/c1-23(2)17(22(31)32)27-20(30)16(21(27)33-23)26-19(29)15(12-8-4-3-5-9-12)25-18(28)13-10-6-7-11-14(13)24/h3-11,15-17,21H,1-2H3,(H,25,28)(H,26,29)(H,31,32)/t15-,16-,17-,21-/m1/s1. The smallest absolute Gasteiger partial charge is 0.327 e. The summed E-state index contributed by atoms with van der Waals surface area (Å²) in [5, 5.41) is 14.2. The molecular formula is C23H22FN3O5S. The van der Waals surface area contributed by atoms with E-state index in [1.165, 1.54) is 34.9 Å². The van der Waals surface area contributed by atoms with Gasteiger partial charge in [-0.3, -0.25) is 14.4 Å². The summed E-state index contributed by atoms with van der Waals surface area (Å²) in [6.45, 7) is 3.48. The molecule has 2 saturated heterocycles. The Morgan fingerprint density at radius 2 is 1.73 bits per heavy atom. The number of benzene rings is 2. The van der Waals surface area contributed by atoms with Gasteiger partial charge in [-0.1, -0.05) is 42.5 Å². The Labute approximate surface area is 193 Å². The fourth-order valence-corrected chi connectivity index (χ4v) is 5.81. The topological polar surface area (TPSA) is 116 Å². The quantitative estimate of drug-likeness (QED) is 0.555. The number of nitrogens with zero attached hydrogens (tertiary/aromatic N) is 1. The molecule has 10 heteroatoms. The van der Waals surface area contributed by atoms with Crippen molar-refractivity contribution in [2.24, 2.45) is 0 Å². The molecule has 3 N–H and O–H groups in total. The number of carboxylic acids is 1. The first-order valence-electron chi connectivity index (χ1n) is 10.3. The molecule has 4 rings (SSSR count). The highest BCUT2D eigenvalue weighted by atomic mass is 32.2. The van der Waals surface area contributed by atoms with E-state index in [1.54, 1.807) is 44.2 Å². The van der Waals surface area contributed by atoms with Crippen molar-refractivity contribution in [2.75, 3.05) is 0 Å². The third-order valence-electron chi connectivity index (χ3n) is 5.76. The van der Waals surface area contributed by atoms with E-state index in [0.717, 1.165) is 6.07 Å². The first-order chi connectivity index (χ1) is 15.6. The SMILES string of the molecule is CC1(C)S[C@@H]2[C@H](NC(=O)[C@H](NC(=O)c3ccccc3F)c3ccccc3)C(=O)N2[C@@H]1C(=O)O. The highest BCUT2D eigenvalue weighted by Gasteiger charge is 2.64. The molecule has 33 heavy (non-hydrogen) atoms. The highest BCUT2D eigenvalue weighted by Crippen LogP contribution is 2.50. The Morgan fingerprint density at radius 1 is 1.09 bits per heavy atom. The first-order valence-corrected chi connectivity index (χ1v) is 11.1. The molecule has 0 aliphatic carbocycles. The Morgan fingerprint density at radius 3 is 2.36 bits per heavy atom. The average Bonchev–Trinajstić information content (AvgIpc) is 3.04. The lowest BCUT2D eigenvalue weighted by atomic mass is 9.95. The molecule has 2 heterocycles. The third-order valence-corrected chi connectivity index (χ3v) is 7.33. The van der Waals surface area contributed by atoms with Crippen LogP contribution in [-0.4, -0.2) is 55.9 Å². The Bertz CT molecular complexity index is 1130. The first kappa shape index (κ1) is 22.8. The Kier molecular flexibility index (Phi) is 5.87. The number of fused-ring (bicyclic) bond motifs is 1. The Hall–Kier alpha value is -3.40. The molecular weight excluding hydrogens is 449 g/mol. The van der Waals surface area contributed by atoms with Gasteiger partial charge in [0.2, 0.25) is 11.8 Å². The van der Waals surface area contributed by atoms with E-state index in [-0.39, 0.29) is 5.56 Å². The largest absolute Gasteiger partial charge is 0.480 e. The molecule has 0 unspecified atom stereocenters. The number of aliphatic carboxylic acids is 1. The molecule has 2 fully saturated rings. The molecule has 0 saturated carbocycles. The number of β-lactam (4-membered cyclic amide) rings is 1. The van der Waals surface area contributed by atoms with Crippen LogP contribution in [0.3, 0.4) is 0 Å². The molecule has 0 bridgehead atoms. The van der Waals surface area contributed by atoms with Gasteiger partial charge >= 0.3 is 5.97 Å². The van der Waals surface area contributed by atoms with Crippen LogP contribution in [-0.2, 0) is 14.4 Å².